The minimum atomic E-state index is 0.0444. The Kier molecular flexibility index (Phi) is 5.33. The minimum Gasteiger partial charge on any atom is -0.376 e. The highest BCUT2D eigenvalue weighted by atomic mass is 32.2. The number of carbonyl (C=O) groups is 1. The number of rotatable bonds is 7. The first kappa shape index (κ1) is 19.0. The molecule has 1 aliphatic rings. The molecule has 3 heterocycles. The normalized spacial score (nSPS) is 16.3. The Bertz CT molecular complexity index is 1160. The van der Waals surface area contributed by atoms with Crippen LogP contribution < -0.4 is 0 Å². The topological polar surface area (TPSA) is 85.7 Å². The van der Waals surface area contributed by atoms with Crippen LogP contribution in [0.2, 0.25) is 0 Å². The van der Waals surface area contributed by atoms with Gasteiger partial charge in [0.2, 0.25) is 5.16 Å². The molecule has 2 aromatic carbocycles. The van der Waals surface area contributed by atoms with Crippen molar-refractivity contribution in [3.05, 3.63) is 60.2 Å². The van der Waals surface area contributed by atoms with E-state index >= 15 is 0 Å². The maximum atomic E-state index is 13.3. The summed E-state index contributed by atoms with van der Waals surface area (Å²) in [7, 11) is 0. The second-order valence-corrected chi connectivity index (χ2v) is 8.22. The summed E-state index contributed by atoms with van der Waals surface area (Å²) in [4.78, 5) is 16.7. The number of thioether (sulfide) groups is 1. The van der Waals surface area contributed by atoms with Crippen molar-refractivity contribution >= 4 is 28.4 Å². The van der Waals surface area contributed by atoms with Crippen molar-refractivity contribution in [2.24, 2.45) is 0 Å². The van der Waals surface area contributed by atoms with Crippen LogP contribution in [0.4, 0.5) is 0 Å². The average Bonchev–Trinajstić information content (AvgIpc) is 3.53. The first-order valence-corrected chi connectivity index (χ1v) is 11.0. The van der Waals surface area contributed by atoms with Crippen LogP contribution in [0.1, 0.15) is 23.2 Å². The molecule has 1 fully saturated rings. The lowest BCUT2D eigenvalue weighted by Gasteiger charge is -2.10. The molecule has 4 aromatic rings. The minimum absolute atomic E-state index is 0.0444. The van der Waals surface area contributed by atoms with E-state index in [1.165, 1.54) is 11.8 Å². The van der Waals surface area contributed by atoms with Crippen LogP contribution in [0.25, 0.3) is 22.2 Å². The van der Waals surface area contributed by atoms with E-state index in [2.05, 4.69) is 20.5 Å². The molecule has 0 spiro atoms. The van der Waals surface area contributed by atoms with Gasteiger partial charge in [-0.05, 0) is 34.9 Å². The molecule has 0 aliphatic carbocycles. The molecule has 0 saturated carbocycles. The third-order valence-corrected chi connectivity index (χ3v) is 6.24. The number of ketones is 1. The highest BCUT2D eigenvalue weighted by Gasteiger charge is 2.22. The highest BCUT2D eigenvalue weighted by Crippen LogP contribution is 2.32. The number of hydrogen-bond acceptors (Lipinski definition) is 6. The summed E-state index contributed by atoms with van der Waals surface area (Å²) in [6, 6.07) is 17.8. The summed E-state index contributed by atoms with van der Waals surface area (Å²) in [5.74, 6) is 0.302. The zero-order valence-corrected chi connectivity index (χ0v) is 17.1. The van der Waals surface area contributed by atoms with E-state index in [-0.39, 0.29) is 17.6 Å². The highest BCUT2D eigenvalue weighted by molar-refractivity contribution is 7.99. The number of fused-ring (bicyclic) bond motifs is 1. The summed E-state index contributed by atoms with van der Waals surface area (Å²) in [5.41, 5.74) is 3.50. The predicted molar refractivity (Wildman–Crippen MR) is 116 cm³/mol. The summed E-state index contributed by atoms with van der Waals surface area (Å²) >= 11 is 1.36. The summed E-state index contributed by atoms with van der Waals surface area (Å²) in [5, 5.41) is 13.5. The van der Waals surface area contributed by atoms with E-state index in [0.29, 0.717) is 17.3 Å². The second-order valence-electron chi connectivity index (χ2n) is 7.28. The average molecular weight is 420 g/mol. The lowest BCUT2D eigenvalue weighted by molar-refractivity contribution is 0.0912. The van der Waals surface area contributed by atoms with E-state index in [4.69, 9.17) is 4.74 Å². The second kappa shape index (κ2) is 8.41. The molecule has 2 aromatic heterocycles. The van der Waals surface area contributed by atoms with E-state index in [1.54, 1.807) is 4.68 Å². The number of nitrogens with zero attached hydrogens (tertiary/aromatic N) is 4. The molecular formula is C22H21N5O2S. The Morgan fingerprint density at radius 3 is 2.83 bits per heavy atom. The van der Waals surface area contributed by atoms with Gasteiger partial charge in [-0.3, -0.25) is 4.79 Å². The van der Waals surface area contributed by atoms with Crippen molar-refractivity contribution in [3.8, 4) is 11.3 Å². The number of aromatic amines is 1. The first-order chi connectivity index (χ1) is 14.8. The molecule has 30 heavy (non-hydrogen) atoms. The maximum Gasteiger partial charge on any atom is 0.209 e. The summed E-state index contributed by atoms with van der Waals surface area (Å²) in [6.07, 6.45) is 2.22. The van der Waals surface area contributed by atoms with Gasteiger partial charge in [-0.1, -0.05) is 60.3 Å². The van der Waals surface area contributed by atoms with E-state index in [0.717, 1.165) is 41.6 Å². The van der Waals surface area contributed by atoms with Gasteiger partial charge < -0.3 is 9.72 Å². The number of hydrogen-bond donors (Lipinski definition) is 1. The van der Waals surface area contributed by atoms with E-state index in [9.17, 15) is 4.79 Å². The van der Waals surface area contributed by atoms with Crippen molar-refractivity contribution in [1.29, 1.82) is 0 Å². The number of nitrogens with one attached hydrogen (secondary N) is 1. The molecule has 152 valence electrons. The lowest BCUT2D eigenvalue weighted by atomic mass is 10.0. The Labute approximate surface area is 177 Å². The predicted octanol–water partition coefficient (Wildman–Crippen LogP) is 3.98. The maximum absolute atomic E-state index is 13.3. The van der Waals surface area contributed by atoms with Gasteiger partial charge in [0.15, 0.2) is 5.78 Å². The quantitative estimate of drug-likeness (QED) is 0.360. The Hall–Kier alpha value is -2.97. The molecule has 7 nitrogen and oxygen atoms in total. The van der Waals surface area contributed by atoms with Gasteiger partial charge in [-0.2, -0.15) is 0 Å². The zero-order chi connectivity index (χ0) is 20.3. The Balaban J connectivity index is 1.40. The van der Waals surface area contributed by atoms with E-state index < -0.39 is 0 Å². The van der Waals surface area contributed by atoms with Crippen LogP contribution >= 0.6 is 11.8 Å². The third kappa shape index (κ3) is 3.76. The smallest absolute Gasteiger partial charge is 0.209 e. The standard InChI is InChI=1S/C22H21N5O2S/c28-19(14-30-22-24-25-26-27(22)13-16-9-6-12-29-16)20-17-10-4-5-11-18(17)23-21(20)15-7-2-1-3-8-15/h1-5,7-8,10-11,16,23H,6,9,12-14H2/t16-/m1/s1. The van der Waals surface area contributed by atoms with Gasteiger partial charge in [0, 0.05) is 17.5 Å². The van der Waals surface area contributed by atoms with Crippen LogP contribution in [-0.4, -0.2) is 49.4 Å². The summed E-state index contributed by atoms with van der Waals surface area (Å²) < 4.78 is 7.42. The van der Waals surface area contributed by atoms with Crippen molar-refractivity contribution in [2.75, 3.05) is 12.4 Å². The van der Waals surface area contributed by atoms with Gasteiger partial charge >= 0.3 is 0 Å². The molecule has 0 bridgehead atoms. The van der Waals surface area contributed by atoms with Gasteiger partial charge in [0.1, 0.15) is 0 Å². The largest absolute Gasteiger partial charge is 0.376 e. The fourth-order valence-electron chi connectivity index (χ4n) is 3.85. The Morgan fingerprint density at radius 2 is 2.00 bits per heavy atom. The number of aromatic nitrogens is 5. The molecule has 1 N–H and O–H groups in total. The molecule has 0 amide bonds. The first-order valence-electron chi connectivity index (χ1n) is 9.99. The van der Waals surface area contributed by atoms with Crippen LogP contribution in [0.15, 0.2) is 59.8 Å². The van der Waals surface area contributed by atoms with Gasteiger partial charge in [-0.25, -0.2) is 4.68 Å². The monoisotopic (exact) mass is 419 g/mol. The molecule has 0 unspecified atom stereocenters. The zero-order valence-electron chi connectivity index (χ0n) is 16.3. The molecule has 1 saturated heterocycles. The molecular weight excluding hydrogens is 398 g/mol. The number of carbonyl (C=O) groups excluding carboxylic acids is 1. The van der Waals surface area contributed by atoms with Gasteiger partial charge in [0.25, 0.3) is 0 Å². The molecule has 0 radical (unpaired) electrons. The van der Waals surface area contributed by atoms with Crippen LogP contribution in [-0.2, 0) is 11.3 Å². The van der Waals surface area contributed by atoms with Crippen LogP contribution in [0.5, 0.6) is 0 Å². The number of Topliss-reactive ketones (excluding diaryl/α,β-unsaturated/α-hetero) is 1. The number of H-pyrrole nitrogens is 1. The fraction of sp³-hybridized carbons (Fsp3) is 0.273. The van der Waals surface area contributed by atoms with Crippen LogP contribution in [0, 0.1) is 0 Å². The van der Waals surface area contributed by atoms with Crippen molar-refractivity contribution in [2.45, 2.75) is 30.6 Å². The van der Waals surface area contributed by atoms with Crippen molar-refractivity contribution in [3.63, 3.8) is 0 Å². The summed E-state index contributed by atoms with van der Waals surface area (Å²) in [6.45, 7) is 1.41. The number of tetrazole rings is 1. The molecule has 1 atom stereocenters. The molecule has 1 aliphatic heterocycles. The van der Waals surface area contributed by atoms with Crippen molar-refractivity contribution < 1.29 is 9.53 Å². The third-order valence-electron chi connectivity index (χ3n) is 5.28. The number of benzene rings is 2. The lowest BCUT2D eigenvalue weighted by Crippen LogP contribution is -2.17. The van der Waals surface area contributed by atoms with Gasteiger partial charge in [-0.15, -0.1) is 5.10 Å². The van der Waals surface area contributed by atoms with E-state index in [1.807, 2.05) is 54.6 Å². The Morgan fingerprint density at radius 1 is 1.17 bits per heavy atom. The fourth-order valence-corrected chi connectivity index (χ4v) is 4.61. The SMILES string of the molecule is O=C(CSc1nnnn1C[C@H]1CCCO1)c1c(-c2ccccc2)[nH]c2ccccc12. The molecule has 8 heteroatoms. The van der Waals surface area contributed by atoms with Crippen molar-refractivity contribution in [1.82, 2.24) is 25.2 Å². The number of para-hydroxylation sites is 1. The van der Waals surface area contributed by atoms with Crippen LogP contribution in [0.3, 0.4) is 0 Å². The number of ether oxygens (including phenoxy) is 1. The molecule has 5 rings (SSSR count). The van der Waals surface area contributed by atoms with Gasteiger partial charge in [0.05, 0.1) is 29.7 Å².